The first-order valence-corrected chi connectivity index (χ1v) is 9.97. The van der Waals surface area contributed by atoms with E-state index in [1.54, 1.807) is 7.05 Å². The number of nitrogens with one attached hydrogen (secondary N) is 1. The zero-order chi connectivity index (χ0) is 18.1. The second-order valence-corrected chi connectivity index (χ2v) is 7.98. The first-order chi connectivity index (χ1) is 12.7. The maximum Gasteiger partial charge on any atom is 0.242 e. The van der Waals surface area contributed by atoms with Crippen molar-refractivity contribution in [3.05, 3.63) is 41.0 Å². The van der Waals surface area contributed by atoms with Crippen molar-refractivity contribution in [2.24, 2.45) is 5.92 Å². The van der Waals surface area contributed by atoms with Gasteiger partial charge in [-0.2, -0.15) is 0 Å². The number of hydrogen-bond acceptors (Lipinski definition) is 2. The summed E-state index contributed by atoms with van der Waals surface area (Å²) in [5, 5.41) is 2.77. The highest BCUT2D eigenvalue weighted by Gasteiger charge is 2.38. The molecule has 0 aromatic heterocycles. The molecule has 1 heterocycles. The molecule has 138 valence electrons. The highest BCUT2D eigenvalue weighted by Crippen LogP contribution is 2.40. The molecule has 1 aromatic carbocycles. The normalized spacial score (nSPS) is 22.8. The fourth-order valence-electron chi connectivity index (χ4n) is 4.94. The van der Waals surface area contributed by atoms with Gasteiger partial charge in [0.05, 0.1) is 0 Å². The van der Waals surface area contributed by atoms with E-state index in [4.69, 9.17) is 0 Å². The predicted molar refractivity (Wildman–Crippen MR) is 102 cm³/mol. The van der Waals surface area contributed by atoms with Crippen LogP contribution in [-0.2, 0) is 16.0 Å². The van der Waals surface area contributed by atoms with Gasteiger partial charge in [-0.1, -0.05) is 43.5 Å². The molecule has 0 unspecified atom stereocenters. The monoisotopic (exact) mass is 352 g/mol. The highest BCUT2D eigenvalue weighted by atomic mass is 16.2. The topological polar surface area (TPSA) is 49.4 Å². The molecule has 0 bridgehead atoms. The summed E-state index contributed by atoms with van der Waals surface area (Å²) in [6.45, 7) is 0.605. The Morgan fingerprint density at radius 2 is 1.92 bits per heavy atom. The molecule has 0 radical (unpaired) electrons. The lowest BCUT2D eigenvalue weighted by Gasteiger charge is -2.37. The molecule has 26 heavy (non-hydrogen) atoms. The summed E-state index contributed by atoms with van der Waals surface area (Å²) in [5.74, 6) is 0.615. The molecule has 1 fully saturated rings. The maximum atomic E-state index is 13.1. The molecule has 2 aliphatic carbocycles. The quantitative estimate of drug-likeness (QED) is 0.907. The Bertz CT molecular complexity index is 746. The van der Waals surface area contributed by atoms with E-state index in [1.165, 1.54) is 41.5 Å². The Hall–Kier alpha value is -2.10. The van der Waals surface area contributed by atoms with Gasteiger partial charge >= 0.3 is 0 Å². The Morgan fingerprint density at radius 3 is 2.69 bits per heavy atom. The number of carbonyl (C=O) groups excluding carboxylic acids is 2. The van der Waals surface area contributed by atoms with E-state index >= 15 is 0 Å². The fourth-order valence-corrected chi connectivity index (χ4v) is 4.94. The number of rotatable bonds is 3. The minimum Gasteiger partial charge on any atom is -0.357 e. The van der Waals surface area contributed by atoms with Crippen LogP contribution in [0.2, 0.25) is 0 Å². The summed E-state index contributed by atoms with van der Waals surface area (Å²) in [6.07, 6.45) is 8.24. The first-order valence-electron chi connectivity index (χ1n) is 9.97. The second kappa shape index (κ2) is 7.26. The minimum absolute atomic E-state index is 0.0436. The number of benzene rings is 1. The van der Waals surface area contributed by atoms with Crippen LogP contribution in [0.1, 0.15) is 56.1 Å². The third-order valence-electron chi connectivity index (χ3n) is 6.37. The SMILES string of the molecule is CNC(=O)[C@H]1CC2=C(Cc3ccccc32)CN1C(=O)CC1CCCCC1. The Labute approximate surface area is 155 Å². The molecule has 0 spiro atoms. The van der Waals surface area contributed by atoms with E-state index in [0.717, 1.165) is 19.3 Å². The van der Waals surface area contributed by atoms with Crippen molar-refractivity contribution < 1.29 is 9.59 Å². The summed E-state index contributed by atoms with van der Waals surface area (Å²) >= 11 is 0. The molecule has 4 heteroatoms. The molecule has 2 amide bonds. The number of amides is 2. The lowest BCUT2D eigenvalue weighted by Crippen LogP contribution is -2.51. The van der Waals surface area contributed by atoms with Crippen LogP contribution in [0.15, 0.2) is 29.8 Å². The van der Waals surface area contributed by atoms with Crippen LogP contribution in [0.4, 0.5) is 0 Å². The molecule has 4 nitrogen and oxygen atoms in total. The molecule has 1 atom stereocenters. The molecule has 0 saturated heterocycles. The third-order valence-corrected chi connectivity index (χ3v) is 6.37. The minimum atomic E-state index is -0.374. The Morgan fingerprint density at radius 1 is 1.15 bits per heavy atom. The van der Waals surface area contributed by atoms with Crippen LogP contribution >= 0.6 is 0 Å². The molecule has 1 aliphatic heterocycles. The highest BCUT2D eigenvalue weighted by molar-refractivity contribution is 5.92. The molecular formula is C22H28N2O2. The van der Waals surface area contributed by atoms with Crippen LogP contribution < -0.4 is 5.32 Å². The van der Waals surface area contributed by atoms with Gasteiger partial charge in [-0.05, 0) is 47.5 Å². The van der Waals surface area contributed by atoms with E-state index < -0.39 is 0 Å². The predicted octanol–water partition coefficient (Wildman–Crippen LogP) is 3.31. The van der Waals surface area contributed by atoms with E-state index in [1.807, 2.05) is 4.90 Å². The van der Waals surface area contributed by atoms with Crippen molar-refractivity contribution in [2.45, 2.75) is 57.4 Å². The largest absolute Gasteiger partial charge is 0.357 e. The standard InChI is InChI=1S/C22H28N2O2/c1-23-22(26)20-13-19-17(12-16-9-5-6-10-18(16)19)14-24(20)21(25)11-15-7-3-2-4-8-15/h5-6,9-10,15,20H,2-4,7-8,11-14H2,1H3,(H,23,26)/t20-/m1/s1. The zero-order valence-electron chi connectivity index (χ0n) is 15.6. The van der Waals surface area contributed by atoms with Crippen molar-refractivity contribution in [1.82, 2.24) is 10.2 Å². The number of carbonyl (C=O) groups is 2. The molecule has 4 rings (SSSR count). The average Bonchev–Trinajstić information content (AvgIpc) is 3.04. The van der Waals surface area contributed by atoms with Crippen LogP contribution in [0.5, 0.6) is 0 Å². The molecular weight excluding hydrogens is 324 g/mol. The Kier molecular flexibility index (Phi) is 4.84. The van der Waals surface area contributed by atoms with Crippen molar-refractivity contribution in [2.75, 3.05) is 13.6 Å². The van der Waals surface area contributed by atoms with Crippen molar-refractivity contribution in [1.29, 1.82) is 0 Å². The molecule has 3 aliphatic rings. The second-order valence-electron chi connectivity index (χ2n) is 7.98. The van der Waals surface area contributed by atoms with Crippen LogP contribution in [0.25, 0.3) is 5.57 Å². The lowest BCUT2D eigenvalue weighted by atomic mass is 9.86. The van der Waals surface area contributed by atoms with Crippen LogP contribution in [0, 0.1) is 5.92 Å². The summed E-state index contributed by atoms with van der Waals surface area (Å²) in [6, 6.07) is 8.07. The van der Waals surface area contributed by atoms with E-state index in [0.29, 0.717) is 25.3 Å². The van der Waals surface area contributed by atoms with Gasteiger partial charge in [-0.25, -0.2) is 0 Å². The van der Waals surface area contributed by atoms with E-state index in [-0.39, 0.29) is 17.9 Å². The molecule has 1 saturated carbocycles. The van der Waals surface area contributed by atoms with Crippen molar-refractivity contribution in [3.63, 3.8) is 0 Å². The van der Waals surface area contributed by atoms with Gasteiger partial charge in [-0.3, -0.25) is 9.59 Å². The average molecular weight is 352 g/mol. The smallest absolute Gasteiger partial charge is 0.242 e. The third kappa shape index (κ3) is 3.17. The summed E-state index contributed by atoms with van der Waals surface area (Å²) in [4.78, 5) is 27.5. The van der Waals surface area contributed by atoms with Gasteiger partial charge in [0.25, 0.3) is 0 Å². The molecule has 1 aromatic rings. The van der Waals surface area contributed by atoms with Gasteiger partial charge in [0.1, 0.15) is 6.04 Å². The van der Waals surface area contributed by atoms with Crippen LogP contribution in [-0.4, -0.2) is 36.3 Å². The van der Waals surface area contributed by atoms with Gasteiger partial charge in [-0.15, -0.1) is 0 Å². The van der Waals surface area contributed by atoms with Gasteiger partial charge < -0.3 is 10.2 Å². The zero-order valence-corrected chi connectivity index (χ0v) is 15.6. The van der Waals surface area contributed by atoms with Gasteiger partial charge in [0, 0.05) is 26.4 Å². The number of fused-ring (bicyclic) bond motifs is 2. The van der Waals surface area contributed by atoms with E-state index in [2.05, 4.69) is 29.6 Å². The summed E-state index contributed by atoms with van der Waals surface area (Å²) < 4.78 is 0. The maximum absolute atomic E-state index is 13.1. The number of hydrogen-bond donors (Lipinski definition) is 1. The lowest BCUT2D eigenvalue weighted by molar-refractivity contribution is -0.141. The Balaban J connectivity index is 1.56. The summed E-state index contributed by atoms with van der Waals surface area (Å²) in [7, 11) is 1.67. The van der Waals surface area contributed by atoms with Crippen molar-refractivity contribution in [3.8, 4) is 0 Å². The number of nitrogens with zero attached hydrogens (tertiary/aromatic N) is 1. The van der Waals surface area contributed by atoms with Gasteiger partial charge in [0.2, 0.25) is 11.8 Å². The number of likely N-dealkylation sites (N-methyl/N-ethyl adjacent to an activating group) is 1. The van der Waals surface area contributed by atoms with Crippen molar-refractivity contribution >= 4 is 17.4 Å². The summed E-state index contributed by atoms with van der Waals surface area (Å²) in [5.41, 5.74) is 5.21. The molecule has 1 N–H and O–H groups in total. The van der Waals surface area contributed by atoms with Gasteiger partial charge in [0.15, 0.2) is 0 Å². The first kappa shape index (κ1) is 17.3. The fraction of sp³-hybridized carbons (Fsp3) is 0.545. The van der Waals surface area contributed by atoms with E-state index in [9.17, 15) is 9.59 Å². The van der Waals surface area contributed by atoms with Crippen LogP contribution in [0.3, 0.4) is 0 Å².